The third-order valence-electron chi connectivity index (χ3n) is 1.51. The van der Waals surface area contributed by atoms with Gasteiger partial charge in [0.2, 0.25) is 0 Å². The predicted molar refractivity (Wildman–Crippen MR) is 59.0 cm³/mol. The molecule has 4 nitrogen and oxygen atoms in total. The molecule has 1 rings (SSSR count). The number of nitrogens with two attached hydrogens (primary N) is 3. The molecule has 14 heavy (non-hydrogen) atoms. The first-order valence-electron chi connectivity index (χ1n) is 4.39. The van der Waals surface area contributed by atoms with Crippen LogP contribution in [0.25, 0.3) is 0 Å². The quantitative estimate of drug-likeness (QED) is 0.469. The molecule has 0 saturated carbocycles. The molecule has 0 fully saturated rings. The number of anilines is 1. The maximum absolute atomic E-state index is 10.8. The van der Waals surface area contributed by atoms with E-state index in [0.29, 0.717) is 24.3 Å². The van der Waals surface area contributed by atoms with Gasteiger partial charge in [0.05, 0.1) is 0 Å². The van der Waals surface area contributed by atoms with E-state index in [1.807, 2.05) is 6.07 Å². The van der Waals surface area contributed by atoms with Gasteiger partial charge in [0.15, 0.2) is 5.78 Å². The lowest BCUT2D eigenvalue weighted by Gasteiger charge is -1.97. The van der Waals surface area contributed by atoms with Crippen molar-refractivity contribution in [2.45, 2.75) is 6.92 Å². The Kier molecular flexibility index (Phi) is 6.36. The number of carbonyl (C=O) groups is 1. The molecule has 0 aliphatic rings. The molecule has 0 atom stereocenters. The van der Waals surface area contributed by atoms with Crippen molar-refractivity contribution in [1.82, 2.24) is 0 Å². The van der Waals surface area contributed by atoms with Crippen molar-refractivity contribution < 1.29 is 4.79 Å². The van der Waals surface area contributed by atoms with Gasteiger partial charge in [-0.15, -0.1) is 0 Å². The Morgan fingerprint density at radius 3 is 2.00 bits per heavy atom. The number of benzene rings is 1. The fourth-order valence-electron chi connectivity index (χ4n) is 0.818. The molecule has 0 heterocycles. The van der Waals surface area contributed by atoms with Gasteiger partial charge in [-0.05, 0) is 19.1 Å². The van der Waals surface area contributed by atoms with Crippen molar-refractivity contribution in [3.05, 3.63) is 29.8 Å². The van der Waals surface area contributed by atoms with Crippen LogP contribution in [-0.4, -0.2) is 18.9 Å². The zero-order valence-electron chi connectivity index (χ0n) is 8.36. The highest BCUT2D eigenvalue weighted by Crippen LogP contribution is 2.09. The Labute approximate surface area is 84.1 Å². The van der Waals surface area contributed by atoms with E-state index in [4.69, 9.17) is 17.2 Å². The minimum Gasteiger partial charge on any atom is -0.398 e. The van der Waals surface area contributed by atoms with E-state index >= 15 is 0 Å². The van der Waals surface area contributed by atoms with Crippen LogP contribution < -0.4 is 17.2 Å². The first-order chi connectivity index (χ1) is 6.63. The van der Waals surface area contributed by atoms with Gasteiger partial charge in [0.25, 0.3) is 0 Å². The summed E-state index contributed by atoms with van der Waals surface area (Å²) in [5, 5.41) is 0. The summed E-state index contributed by atoms with van der Waals surface area (Å²) in [7, 11) is 0. The van der Waals surface area contributed by atoms with Crippen molar-refractivity contribution in [3.8, 4) is 0 Å². The third kappa shape index (κ3) is 4.59. The van der Waals surface area contributed by atoms with E-state index in [-0.39, 0.29) is 5.78 Å². The fourth-order valence-corrected chi connectivity index (χ4v) is 0.818. The number of hydrogen-bond acceptors (Lipinski definition) is 4. The van der Waals surface area contributed by atoms with E-state index < -0.39 is 0 Å². The second-order valence-electron chi connectivity index (χ2n) is 2.72. The summed E-state index contributed by atoms with van der Waals surface area (Å²) in [6, 6.07) is 7.04. The topological polar surface area (TPSA) is 95.1 Å². The number of nitrogen functional groups attached to an aromatic ring is 1. The molecule has 4 heteroatoms. The van der Waals surface area contributed by atoms with Crippen molar-refractivity contribution in [2.24, 2.45) is 11.5 Å². The summed E-state index contributed by atoms with van der Waals surface area (Å²) in [4.78, 5) is 10.8. The van der Waals surface area contributed by atoms with Gasteiger partial charge in [0.1, 0.15) is 0 Å². The van der Waals surface area contributed by atoms with E-state index in [9.17, 15) is 4.79 Å². The molecule has 0 aliphatic heterocycles. The van der Waals surface area contributed by atoms with Gasteiger partial charge >= 0.3 is 0 Å². The maximum atomic E-state index is 10.8. The molecule has 0 amide bonds. The van der Waals surface area contributed by atoms with Gasteiger partial charge < -0.3 is 17.2 Å². The molecule has 78 valence electrons. The zero-order valence-corrected chi connectivity index (χ0v) is 8.36. The van der Waals surface area contributed by atoms with Crippen LogP contribution in [-0.2, 0) is 0 Å². The minimum absolute atomic E-state index is 0.0121. The van der Waals surface area contributed by atoms with Gasteiger partial charge in [-0.1, -0.05) is 12.1 Å². The average molecular weight is 195 g/mol. The Balaban J connectivity index is 0.000000364. The van der Waals surface area contributed by atoms with Crippen molar-refractivity contribution in [2.75, 3.05) is 18.8 Å². The zero-order chi connectivity index (χ0) is 11.0. The van der Waals surface area contributed by atoms with E-state index in [0.717, 1.165) is 0 Å². The van der Waals surface area contributed by atoms with Gasteiger partial charge in [-0.3, -0.25) is 4.79 Å². The molecular weight excluding hydrogens is 178 g/mol. The van der Waals surface area contributed by atoms with Crippen molar-refractivity contribution in [1.29, 1.82) is 0 Å². The Morgan fingerprint density at radius 2 is 1.71 bits per heavy atom. The number of rotatable bonds is 2. The second-order valence-corrected chi connectivity index (χ2v) is 2.72. The van der Waals surface area contributed by atoms with Gasteiger partial charge in [0, 0.05) is 24.3 Å². The van der Waals surface area contributed by atoms with Crippen LogP contribution in [0.1, 0.15) is 17.3 Å². The molecule has 0 unspecified atom stereocenters. The number of Topliss-reactive ketones (excluding diaryl/α,β-unsaturated/α-hetero) is 1. The Bertz CT molecular complexity index is 284. The standard InChI is InChI=1S/C8H9NO.C2H8N2/c1-6(10)7-4-2-3-5-8(7)9;3-1-2-4/h2-5H,9H2,1H3;1-4H2. The molecule has 0 spiro atoms. The number of carbonyl (C=O) groups excluding carboxylic acids is 1. The molecule has 0 saturated heterocycles. The lowest BCUT2D eigenvalue weighted by Crippen LogP contribution is -2.11. The van der Waals surface area contributed by atoms with Crippen molar-refractivity contribution >= 4 is 11.5 Å². The van der Waals surface area contributed by atoms with Crippen LogP contribution in [0.4, 0.5) is 5.69 Å². The van der Waals surface area contributed by atoms with Gasteiger partial charge in [-0.2, -0.15) is 0 Å². The smallest absolute Gasteiger partial charge is 0.161 e. The highest BCUT2D eigenvalue weighted by molar-refractivity contribution is 5.98. The normalized spacial score (nSPS) is 8.79. The highest BCUT2D eigenvalue weighted by Gasteiger charge is 2.00. The number of ketones is 1. The SMILES string of the molecule is CC(=O)c1ccccc1N.NCCN. The fraction of sp³-hybridized carbons (Fsp3) is 0.300. The second kappa shape index (κ2) is 7.06. The summed E-state index contributed by atoms with van der Waals surface area (Å²) < 4.78 is 0. The number of hydrogen-bond donors (Lipinski definition) is 3. The molecule has 0 aromatic heterocycles. The largest absolute Gasteiger partial charge is 0.398 e. The van der Waals surface area contributed by atoms with Crippen LogP contribution in [0.2, 0.25) is 0 Å². The summed E-state index contributed by atoms with van der Waals surface area (Å²) in [6.45, 7) is 2.70. The molecule has 0 bridgehead atoms. The lowest BCUT2D eigenvalue weighted by molar-refractivity contribution is 0.101. The number of para-hydroxylation sites is 1. The van der Waals surface area contributed by atoms with E-state index in [1.54, 1.807) is 18.2 Å². The molecule has 0 aliphatic carbocycles. The maximum Gasteiger partial charge on any atom is 0.161 e. The molecule has 1 aromatic rings. The van der Waals surface area contributed by atoms with E-state index in [2.05, 4.69) is 0 Å². The molecule has 0 radical (unpaired) electrons. The summed E-state index contributed by atoms with van der Waals surface area (Å²) in [6.07, 6.45) is 0. The Hall–Kier alpha value is -1.39. The summed E-state index contributed by atoms with van der Waals surface area (Å²) >= 11 is 0. The predicted octanol–water partition coefficient (Wildman–Crippen LogP) is 0.375. The third-order valence-corrected chi connectivity index (χ3v) is 1.51. The lowest BCUT2D eigenvalue weighted by atomic mass is 10.1. The average Bonchev–Trinajstić information content (AvgIpc) is 2.18. The first kappa shape index (κ1) is 12.6. The minimum atomic E-state index is 0.0121. The van der Waals surface area contributed by atoms with Crippen LogP contribution in [0.5, 0.6) is 0 Å². The summed E-state index contributed by atoms with van der Waals surface area (Å²) in [5.74, 6) is 0.0121. The molecule has 1 aromatic carbocycles. The first-order valence-corrected chi connectivity index (χ1v) is 4.39. The van der Waals surface area contributed by atoms with Crippen LogP contribution in [0.15, 0.2) is 24.3 Å². The van der Waals surface area contributed by atoms with E-state index in [1.165, 1.54) is 6.92 Å². The molecule has 6 N–H and O–H groups in total. The van der Waals surface area contributed by atoms with Gasteiger partial charge in [-0.25, -0.2) is 0 Å². The van der Waals surface area contributed by atoms with Crippen LogP contribution >= 0.6 is 0 Å². The highest BCUT2D eigenvalue weighted by atomic mass is 16.1. The monoisotopic (exact) mass is 195 g/mol. The Morgan fingerprint density at radius 1 is 1.21 bits per heavy atom. The molecular formula is C10H17N3O. The van der Waals surface area contributed by atoms with Crippen LogP contribution in [0.3, 0.4) is 0 Å². The van der Waals surface area contributed by atoms with Crippen molar-refractivity contribution in [3.63, 3.8) is 0 Å². The summed E-state index contributed by atoms with van der Waals surface area (Å²) in [5.41, 5.74) is 16.5. The van der Waals surface area contributed by atoms with Crippen LogP contribution in [0, 0.1) is 0 Å².